The van der Waals surface area contributed by atoms with E-state index in [0.717, 1.165) is 18.4 Å². The molecule has 15 heavy (non-hydrogen) atoms. The summed E-state index contributed by atoms with van der Waals surface area (Å²) in [6.07, 6.45) is 3.93. The molecule has 0 saturated heterocycles. The summed E-state index contributed by atoms with van der Waals surface area (Å²) in [5.74, 6) is 1.58. The second-order valence-corrected chi connectivity index (χ2v) is 4.68. The van der Waals surface area contributed by atoms with Gasteiger partial charge in [-0.3, -0.25) is 0 Å². The Morgan fingerprint density at radius 1 is 1.40 bits per heavy atom. The molecule has 0 fully saturated rings. The van der Waals surface area contributed by atoms with Crippen molar-refractivity contribution in [3.05, 3.63) is 29.8 Å². The number of anilines is 1. The zero-order valence-corrected chi connectivity index (χ0v) is 9.79. The van der Waals surface area contributed by atoms with Crippen LogP contribution in [0.5, 0.6) is 0 Å². The van der Waals surface area contributed by atoms with Crippen LogP contribution in [0, 0.1) is 5.92 Å². The molecule has 1 nitrogen and oxygen atoms in total. The Hall–Kier alpha value is -0.980. The van der Waals surface area contributed by atoms with Crippen molar-refractivity contribution < 1.29 is 0 Å². The average molecular weight is 203 g/mol. The van der Waals surface area contributed by atoms with Crippen molar-refractivity contribution in [3.63, 3.8) is 0 Å². The number of fused-ring (bicyclic) bond motifs is 1. The van der Waals surface area contributed by atoms with E-state index < -0.39 is 0 Å². The Morgan fingerprint density at radius 2 is 2.20 bits per heavy atom. The fourth-order valence-electron chi connectivity index (χ4n) is 2.75. The van der Waals surface area contributed by atoms with Gasteiger partial charge in [-0.05, 0) is 29.9 Å². The molecule has 0 aliphatic carbocycles. The van der Waals surface area contributed by atoms with Crippen molar-refractivity contribution in [2.24, 2.45) is 5.92 Å². The van der Waals surface area contributed by atoms with E-state index in [9.17, 15) is 0 Å². The molecule has 1 heteroatoms. The van der Waals surface area contributed by atoms with Gasteiger partial charge in [0.15, 0.2) is 0 Å². The van der Waals surface area contributed by atoms with Crippen LogP contribution in [0.4, 0.5) is 5.69 Å². The number of nitrogens with one attached hydrogen (secondary N) is 1. The molecule has 2 unspecified atom stereocenters. The number of hydrogen-bond acceptors (Lipinski definition) is 1. The van der Waals surface area contributed by atoms with Crippen molar-refractivity contribution in [2.75, 3.05) is 11.9 Å². The van der Waals surface area contributed by atoms with Gasteiger partial charge >= 0.3 is 0 Å². The van der Waals surface area contributed by atoms with Crippen LogP contribution in [-0.2, 0) is 0 Å². The van der Waals surface area contributed by atoms with E-state index in [4.69, 9.17) is 0 Å². The van der Waals surface area contributed by atoms with E-state index in [1.54, 1.807) is 0 Å². The molecule has 1 aliphatic heterocycles. The van der Waals surface area contributed by atoms with Crippen LogP contribution in [0.15, 0.2) is 24.3 Å². The van der Waals surface area contributed by atoms with Crippen LogP contribution >= 0.6 is 0 Å². The minimum absolute atomic E-state index is 0.766. The van der Waals surface area contributed by atoms with Gasteiger partial charge in [-0.25, -0.2) is 0 Å². The highest BCUT2D eigenvalue weighted by Crippen LogP contribution is 2.37. The summed E-state index contributed by atoms with van der Waals surface area (Å²) in [4.78, 5) is 0. The topological polar surface area (TPSA) is 12.0 Å². The van der Waals surface area contributed by atoms with Crippen LogP contribution in [0.2, 0.25) is 0 Å². The van der Waals surface area contributed by atoms with E-state index in [0.29, 0.717) is 0 Å². The molecule has 0 spiro atoms. The Bertz CT molecular complexity index is 319. The second kappa shape index (κ2) is 4.69. The zero-order chi connectivity index (χ0) is 10.7. The molecule has 0 radical (unpaired) electrons. The molecule has 0 bridgehead atoms. The fourth-order valence-corrected chi connectivity index (χ4v) is 2.75. The molecular formula is C14H21N. The van der Waals surface area contributed by atoms with Gasteiger partial charge < -0.3 is 5.32 Å². The third-order valence-electron chi connectivity index (χ3n) is 3.56. The van der Waals surface area contributed by atoms with Crippen LogP contribution in [0.25, 0.3) is 0 Å². The number of hydrogen-bond donors (Lipinski definition) is 1. The third-order valence-corrected chi connectivity index (χ3v) is 3.56. The lowest BCUT2D eigenvalue weighted by Gasteiger charge is -2.31. The van der Waals surface area contributed by atoms with Gasteiger partial charge in [-0.1, -0.05) is 44.9 Å². The van der Waals surface area contributed by atoms with Gasteiger partial charge in [0.2, 0.25) is 0 Å². The maximum absolute atomic E-state index is 3.49. The third kappa shape index (κ3) is 2.17. The number of rotatable bonds is 3. The molecule has 82 valence electrons. The Kier molecular flexibility index (Phi) is 3.30. The normalized spacial score (nSPS) is 21.6. The largest absolute Gasteiger partial charge is 0.385 e. The first kappa shape index (κ1) is 10.5. The molecule has 2 atom stereocenters. The Balaban J connectivity index is 2.21. The summed E-state index contributed by atoms with van der Waals surface area (Å²) < 4.78 is 0. The van der Waals surface area contributed by atoms with Crippen molar-refractivity contribution in [1.29, 1.82) is 0 Å². The molecule has 1 aromatic carbocycles. The minimum Gasteiger partial charge on any atom is -0.385 e. The van der Waals surface area contributed by atoms with Gasteiger partial charge in [0.25, 0.3) is 0 Å². The molecule has 0 amide bonds. The van der Waals surface area contributed by atoms with Crippen molar-refractivity contribution in [2.45, 2.75) is 39.0 Å². The molecular weight excluding hydrogens is 182 g/mol. The molecule has 2 rings (SSSR count). The smallest absolute Gasteiger partial charge is 0.0375 e. The first-order valence-corrected chi connectivity index (χ1v) is 6.15. The summed E-state index contributed by atoms with van der Waals surface area (Å²) in [6, 6.07) is 8.79. The van der Waals surface area contributed by atoms with Gasteiger partial charge in [0.05, 0.1) is 0 Å². The summed E-state index contributed by atoms with van der Waals surface area (Å²) in [7, 11) is 0. The van der Waals surface area contributed by atoms with Crippen LogP contribution in [0.3, 0.4) is 0 Å². The first-order valence-electron chi connectivity index (χ1n) is 6.15. The molecule has 1 N–H and O–H groups in total. The zero-order valence-electron chi connectivity index (χ0n) is 9.79. The van der Waals surface area contributed by atoms with Gasteiger partial charge in [0.1, 0.15) is 0 Å². The summed E-state index contributed by atoms with van der Waals surface area (Å²) in [6.45, 7) is 5.81. The van der Waals surface area contributed by atoms with Crippen LogP contribution in [0.1, 0.15) is 44.6 Å². The van der Waals surface area contributed by atoms with E-state index >= 15 is 0 Å². The highest BCUT2D eigenvalue weighted by atomic mass is 14.9. The molecule has 1 aromatic rings. The van der Waals surface area contributed by atoms with Crippen molar-refractivity contribution >= 4 is 5.69 Å². The van der Waals surface area contributed by atoms with E-state index in [1.165, 1.54) is 30.5 Å². The molecule has 1 heterocycles. The van der Waals surface area contributed by atoms with Crippen LogP contribution < -0.4 is 5.32 Å². The predicted molar refractivity (Wildman–Crippen MR) is 66.4 cm³/mol. The fraction of sp³-hybridized carbons (Fsp3) is 0.571. The van der Waals surface area contributed by atoms with Gasteiger partial charge in [-0.15, -0.1) is 0 Å². The van der Waals surface area contributed by atoms with Crippen molar-refractivity contribution in [1.82, 2.24) is 0 Å². The standard InChI is InChI=1S/C14H21N/c1-3-6-11(2)12-9-10-15-14-8-5-4-7-13(12)14/h4-5,7-8,11-12,15H,3,6,9-10H2,1-2H3. The molecule has 0 saturated carbocycles. The molecule has 1 aliphatic rings. The monoisotopic (exact) mass is 203 g/mol. The lowest BCUT2D eigenvalue weighted by Crippen LogP contribution is -2.21. The number of para-hydroxylation sites is 1. The quantitative estimate of drug-likeness (QED) is 0.782. The maximum atomic E-state index is 3.49. The summed E-state index contributed by atoms with van der Waals surface area (Å²) >= 11 is 0. The predicted octanol–water partition coefficient (Wildman–Crippen LogP) is 4.02. The van der Waals surface area contributed by atoms with E-state index in [-0.39, 0.29) is 0 Å². The van der Waals surface area contributed by atoms with Gasteiger partial charge in [-0.2, -0.15) is 0 Å². The van der Waals surface area contributed by atoms with Gasteiger partial charge in [0, 0.05) is 12.2 Å². The highest BCUT2D eigenvalue weighted by molar-refractivity contribution is 5.54. The summed E-state index contributed by atoms with van der Waals surface area (Å²) in [5, 5.41) is 3.49. The highest BCUT2D eigenvalue weighted by Gasteiger charge is 2.23. The van der Waals surface area contributed by atoms with E-state index in [2.05, 4.69) is 43.4 Å². The first-order chi connectivity index (χ1) is 7.33. The molecule has 0 aromatic heterocycles. The number of benzene rings is 1. The van der Waals surface area contributed by atoms with Crippen molar-refractivity contribution in [3.8, 4) is 0 Å². The SMILES string of the molecule is CCCC(C)C1CCNc2ccccc21. The summed E-state index contributed by atoms with van der Waals surface area (Å²) in [5.41, 5.74) is 2.89. The van der Waals surface area contributed by atoms with Crippen LogP contribution in [-0.4, -0.2) is 6.54 Å². The minimum atomic E-state index is 0.766. The maximum Gasteiger partial charge on any atom is 0.0375 e. The average Bonchev–Trinajstić information content (AvgIpc) is 2.28. The van der Waals surface area contributed by atoms with E-state index in [1.807, 2.05) is 0 Å². The Labute approximate surface area is 92.9 Å². The second-order valence-electron chi connectivity index (χ2n) is 4.68. The Morgan fingerprint density at radius 3 is 3.00 bits per heavy atom. The lowest BCUT2D eigenvalue weighted by molar-refractivity contribution is 0.405. The lowest BCUT2D eigenvalue weighted by atomic mass is 9.80.